The third-order valence-electron chi connectivity index (χ3n) is 2.51. The van der Waals surface area contributed by atoms with Crippen molar-refractivity contribution in [2.24, 2.45) is 5.92 Å². The lowest BCUT2D eigenvalue weighted by Gasteiger charge is -2.11. The van der Waals surface area contributed by atoms with Crippen LogP contribution in [0.4, 0.5) is 0 Å². The van der Waals surface area contributed by atoms with Crippen molar-refractivity contribution in [1.82, 2.24) is 9.97 Å². The van der Waals surface area contributed by atoms with Gasteiger partial charge in [-0.1, -0.05) is 20.3 Å². The van der Waals surface area contributed by atoms with Crippen molar-refractivity contribution in [3.63, 3.8) is 0 Å². The van der Waals surface area contributed by atoms with E-state index >= 15 is 0 Å². The lowest BCUT2D eigenvalue weighted by molar-refractivity contribution is 0.231. The van der Waals surface area contributed by atoms with Crippen molar-refractivity contribution >= 4 is 0 Å². The highest BCUT2D eigenvalue weighted by molar-refractivity contribution is 5.16. The molecular formula is C12H20N2O2. The molecule has 1 atom stereocenters. The smallest absolute Gasteiger partial charge is 0.316 e. The SMILES string of the molecule is CCCC(C)COc1ncc(CO)c(C)n1. The molecule has 90 valence electrons. The summed E-state index contributed by atoms with van der Waals surface area (Å²) in [7, 11) is 0. The molecule has 1 rings (SSSR count). The van der Waals surface area contributed by atoms with Gasteiger partial charge in [0.25, 0.3) is 0 Å². The van der Waals surface area contributed by atoms with E-state index in [4.69, 9.17) is 9.84 Å². The van der Waals surface area contributed by atoms with Gasteiger partial charge >= 0.3 is 6.01 Å². The van der Waals surface area contributed by atoms with Gasteiger partial charge < -0.3 is 9.84 Å². The summed E-state index contributed by atoms with van der Waals surface area (Å²) in [5, 5.41) is 8.98. The largest absolute Gasteiger partial charge is 0.463 e. The number of aryl methyl sites for hydroxylation is 1. The predicted octanol–water partition coefficient (Wildman–Crippen LogP) is 2.09. The van der Waals surface area contributed by atoms with Crippen molar-refractivity contribution in [3.05, 3.63) is 17.5 Å². The van der Waals surface area contributed by atoms with Crippen LogP contribution in [0.25, 0.3) is 0 Å². The van der Waals surface area contributed by atoms with Crippen LogP contribution in [0.3, 0.4) is 0 Å². The highest BCUT2D eigenvalue weighted by atomic mass is 16.5. The summed E-state index contributed by atoms with van der Waals surface area (Å²) in [6.07, 6.45) is 3.92. The van der Waals surface area contributed by atoms with Gasteiger partial charge in [-0.15, -0.1) is 0 Å². The number of rotatable bonds is 6. The van der Waals surface area contributed by atoms with Gasteiger partial charge in [-0.05, 0) is 19.3 Å². The van der Waals surface area contributed by atoms with E-state index in [0.717, 1.165) is 24.1 Å². The minimum absolute atomic E-state index is 0.0294. The maximum absolute atomic E-state index is 8.98. The van der Waals surface area contributed by atoms with Crippen LogP contribution in [-0.4, -0.2) is 21.7 Å². The average molecular weight is 224 g/mol. The third-order valence-corrected chi connectivity index (χ3v) is 2.51. The number of nitrogens with zero attached hydrogens (tertiary/aromatic N) is 2. The number of hydrogen-bond acceptors (Lipinski definition) is 4. The van der Waals surface area contributed by atoms with Crippen molar-refractivity contribution in [1.29, 1.82) is 0 Å². The fraction of sp³-hybridized carbons (Fsp3) is 0.667. The Bertz CT molecular complexity index is 329. The van der Waals surface area contributed by atoms with Crippen LogP contribution >= 0.6 is 0 Å². The first-order chi connectivity index (χ1) is 7.67. The summed E-state index contributed by atoms with van der Waals surface area (Å²) in [4.78, 5) is 8.23. The van der Waals surface area contributed by atoms with Crippen molar-refractivity contribution < 1.29 is 9.84 Å². The molecule has 0 fully saturated rings. The standard InChI is InChI=1S/C12H20N2O2/c1-4-5-9(2)8-16-12-13-6-11(7-15)10(3)14-12/h6,9,15H,4-5,7-8H2,1-3H3. The summed E-state index contributed by atoms with van der Waals surface area (Å²) in [6, 6.07) is 0.401. The molecule has 0 aliphatic rings. The normalized spacial score (nSPS) is 12.5. The van der Waals surface area contributed by atoms with Crippen molar-refractivity contribution in [2.75, 3.05) is 6.61 Å². The Labute approximate surface area is 96.7 Å². The number of ether oxygens (including phenoxy) is 1. The van der Waals surface area contributed by atoms with Crippen LogP contribution in [0.1, 0.15) is 37.9 Å². The Hall–Kier alpha value is -1.16. The highest BCUT2D eigenvalue weighted by Gasteiger charge is 2.06. The Balaban J connectivity index is 2.51. The van der Waals surface area contributed by atoms with Gasteiger partial charge in [-0.25, -0.2) is 9.97 Å². The van der Waals surface area contributed by atoms with Crippen LogP contribution in [-0.2, 0) is 6.61 Å². The van der Waals surface area contributed by atoms with E-state index in [-0.39, 0.29) is 6.61 Å². The zero-order valence-corrected chi connectivity index (χ0v) is 10.2. The molecule has 1 heterocycles. The molecule has 1 aromatic rings. The first-order valence-electron chi connectivity index (χ1n) is 5.73. The van der Waals surface area contributed by atoms with E-state index < -0.39 is 0 Å². The minimum Gasteiger partial charge on any atom is -0.463 e. The Morgan fingerprint density at radius 3 is 2.81 bits per heavy atom. The maximum atomic E-state index is 8.98. The lowest BCUT2D eigenvalue weighted by Crippen LogP contribution is -2.10. The van der Waals surface area contributed by atoms with Gasteiger partial charge in [0.1, 0.15) is 0 Å². The molecule has 0 amide bonds. The molecule has 0 aliphatic carbocycles. The second kappa shape index (κ2) is 6.43. The molecular weight excluding hydrogens is 204 g/mol. The van der Waals surface area contributed by atoms with Gasteiger partial charge in [0.15, 0.2) is 0 Å². The first-order valence-corrected chi connectivity index (χ1v) is 5.73. The number of aromatic nitrogens is 2. The van der Waals surface area contributed by atoms with Crippen LogP contribution in [0.15, 0.2) is 6.20 Å². The molecule has 4 heteroatoms. The number of hydrogen-bond donors (Lipinski definition) is 1. The molecule has 0 saturated heterocycles. The molecule has 1 aromatic heterocycles. The summed E-state index contributed by atoms with van der Waals surface area (Å²) < 4.78 is 5.50. The molecule has 0 spiro atoms. The van der Waals surface area contributed by atoms with E-state index in [9.17, 15) is 0 Å². The average Bonchev–Trinajstić information content (AvgIpc) is 2.27. The lowest BCUT2D eigenvalue weighted by atomic mass is 10.1. The van der Waals surface area contributed by atoms with Crippen LogP contribution in [0.5, 0.6) is 6.01 Å². The van der Waals surface area contributed by atoms with E-state index in [2.05, 4.69) is 23.8 Å². The van der Waals surface area contributed by atoms with E-state index in [1.54, 1.807) is 6.20 Å². The van der Waals surface area contributed by atoms with Gasteiger partial charge in [-0.2, -0.15) is 0 Å². The summed E-state index contributed by atoms with van der Waals surface area (Å²) >= 11 is 0. The zero-order valence-electron chi connectivity index (χ0n) is 10.2. The molecule has 1 unspecified atom stereocenters. The summed E-state index contributed by atoms with van der Waals surface area (Å²) in [5.74, 6) is 0.520. The second-order valence-electron chi connectivity index (χ2n) is 4.13. The van der Waals surface area contributed by atoms with Crippen LogP contribution in [0, 0.1) is 12.8 Å². The van der Waals surface area contributed by atoms with Gasteiger partial charge in [0.05, 0.1) is 18.9 Å². The van der Waals surface area contributed by atoms with Crippen LogP contribution in [0.2, 0.25) is 0 Å². The monoisotopic (exact) mass is 224 g/mol. The molecule has 0 aliphatic heterocycles. The Morgan fingerprint density at radius 2 is 2.25 bits per heavy atom. The molecule has 0 radical (unpaired) electrons. The second-order valence-corrected chi connectivity index (χ2v) is 4.13. The van der Waals surface area contributed by atoms with E-state index in [0.29, 0.717) is 18.5 Å². The van der Waals surface area contributed by atoms with Crippen molar-refractivity contribution in [3.8, 4) is 6.01 Å². The molecule has 0 bridgehead atoms. The van der Waals surface area contributed by atoms with E-state index in [1.807, 2.05) is 6.92 Å². The molecule has 4 nitrogen and oxygen atoms in total. The number of aliphatic hydroxyl groups is 1. The maximum Gasteiger partial charge on any atom is 0.316 e. The molecule has 0 saturated carbocycles. The summed E-state index contributed by atoms with van der Waals surface area (Å²) in [5.41, 5.74) is 1.52. The Morgan fingerprint density at radius 1 is 1.50 bits per heavy atom. The fourth-order valence-corrected chi connectivity index (χ4v) is 1.49. The molecule has 16 heavy (non-hydrogen) atoms. The molecule has 0 aromatic carbocycles. The van der Waals surface area contributed by atoms with Gasteiger partial charge in [0, 0.05) is 11.8 Å². The minimum atomic E-state index is -0.0294. The topological polar surface area (TPSA) is 55.2 Å². The van der Waals surface area contributed by atoms with Gasteiger partial charge in [-0.3, -0.25) is 0 Å². The zero-order chi connectivity index (χ0) is 12.0. The first kappa shape index (κ1) is 12.9. The van der Waals surface area contributed by atoms with Gasteiger partial charge in [0.2, 0.25) is 0 Å². The fourth-order valence-electron chi connectivity index (χ4n) is 1.49. The highest BCUT2D eigenvalue weighted by Crippen LogP contribution is 2.11. The van der Waals surface area contributed by atoms with E-state index in [1.165, 1.54) is 0 Å². The Kier molecular flexibility index (Phi) is 5.19. The predicted molar refractivity (Wildman–Crippen MR) is 62.3 cm³/mol. The number of aliphatic hydroxyl groups excluding tert-OH is 1. The quantitative estimate of drug-likeness (QED) is 0.804. The summed E-state index contributed by atoms with van der Waals surface area (Å²) in [6.45, 7) is 6.77. The molecule has 1 N–H and O–H groups in total. The third kappa shape index (κ3) is 3.77. The van der Waals surface area contributed by atoms with Crippen LogP contribution < -0.4 is 4.74 Å². The van der Waals surface area contributed by atoms with Crippen molar-refractivity contribution in [2.45, 2.75) is 40.2 Å².